The lowest BCUT2D eigenvalue weighted by Crippen LogP contribution is -2.45. The first-order valence-electron chi connectivity index (χ1n) is 7.52. The van der Waals surface area contributed by atoms with Crippen molar-refractivity contribution in [3.63, 3.8) is 0 Å². The van der Waals surface area contributed by atoms with Crippen LogP contribution in [0.5, 0.6) is 5.75 Å². The summed E-state index contributed by atoms with van der Waals surface area (Å²) in [5, 5.41) is 0. The first-order chi connectivity index (χ1) is 9.65. The fraction of sp³-hybridized carbons (Fsp3) is 0.625. The summed E-state index contributed by atoms with van der Waals surface area (Å²) in [6, 6.07) is 5.77. The fourth-order valence-corrected chi connectivity index (χ4v) is 3.96. The molecule has 3 nitrogen and oxygen atoms in total. The smallest absolute Gasteiger partial charge is 0.122 e. The Kier molecular flexibility index (Phi) is 4.22. The second-order valence-corrected chi connectivity index (χ2v) is 6.96. The Bertz CT molecular complexity index is 446. The van der Waals surface area contributed by atoms with Crippen molar-refractivity contribution in [2.75, 3.05) is 12.3 Å². The summed E-state index contributed by atoms with van der Waals surface area (Å²) in [6.45, 7) is 0.814. The second kappa shape index (κ2) is 5.94. The van der Waals surface area contributed by atoms with E-state index >= 15 is 0 Å². The molecule has 1 aliphatic heterocycles. The van der Waals surface area contributed by atoms with Crippen molar-refractivity contribution in [2.45, 2.75) is 56.7 Å². The molecule has 1 saturated carbocycles. The molecule has 2 N–H and O–H groups in total. The zero-order valence-electron chi connectivity index (χ0n) is 11.7. The average molecular weight is 340 g/mol. The maximum Gasteiger partial charge on any atom is 0.122 e. The maximum atomic E-state index is 6.15. The Balaban J connectivity index is 1.67. The molecule has 0 amide bonds. The summed E-state index contributed by atoms with van der Waals surface area (Å²) < 4.78 is 13.2. The number of benzene rings is 1. The predicted molar refractivity (Wildman–Crippen MR) is 84.0 cm³/mol. The van der Waals surface area contributed by atoms with Crippen LogP contribution in [0.2, 0.25) is 0 Å². The van der Waals surface area contributed by atoms with E-state index in [0.29, 0.717) is 0 Å². The molecule has 4 heteroatoms. The Morgan fingerprint density at radius 2 is 2.00 bits per heavy atom. The van der Waals surface area contributed by atoms with Crippen LogP contribution in [-0.4, -0.2) is 18.3 Å². The quantitative estimate of drug-likeness (QED) is 0.817. The predicted octanol–water partition coefficient (Wildman–Crippen LogP) is 4.29. The molecule has 20 heavy (non-hydrogen) atoms. The third kappa shape index (κ3) is 3.29. The average Bonchev–Trinajstić information content (AvgIpc) is 2.38. The van der Waals surface area contributed by atoms with Gasteiger partial charge in [0, 0.05) is 29.1 Å². The van der Waals surface area contributed by atoms with Crippen molar-refractivity contribution in [1.82, 2.24) is 0 Å². The van der Waals surface area contributed by atoms with Gasteiger partial charge < -0.3 is 15.2 Å². The number of ether oxygens (including phenoxy) is 2. The number of halogens is 1. The summed E-state index contributed by atoms with van der Waals surface area (Å²) >= 11 is 3.46. The maximum absolute atomic E-state index is 6.15. The number of nitrogen functional groups attached to an aromatic ring is 1. The molecule has 1 unspecified atom stereocenters. The number of hydrogen-bond donors (Lipinski definition) is 1. The van der Waals surface area contributed by atoms with E-state index in [1.165, 1.54) is 32.1 Å². The molecule has 3 rings (SSSR count). The molecule has 1 aromatic carbocycles. The molecule has 2 aliphatic rings. The van der Waals surface area contributed by atoms with Crippen LogP contribution in [0.15, 0.2) is 22.7 Å². The van der Waals surface area contributed by atoms with Crippen LogP contribution in [0.4, 0.5) is 5.69 Å². The highest BCUT2D eigenvalue weighted by Gasteiger charge is 2.39. The molecule has 110 valence electrons. The molecule has 1 heterocycles. The van der Waals surface area contributed by atoms with Gasteiger partial charge in [-0.1, -0.05) is 35.2 Å². The molecule has 1 spiro atoms. The van der Waals surface area contributed by atoms with Crippen LogP contribution in [0.3, 0.4) is 0 Å². The lowest BCUT2D eigenvalue weighted by atomic mass is 9.79. The molecule has 1 aromatic rings. The number of rotatable bonds is 2. The van der Waals surface area contributed by atoms with Gasteiger partial charge in [0.05, 0.1) is 12.2 Å². The van der Waals surface area contributed by atoms with Crippen molar-refractivity contribution in [1.29, 1.82) is 0 Å². The van der Waals surface area contributed by atoms with E-state index in [9.17, 15) is 0 Å². The first kappa shape index (κ1) is 14.2. The Morgan fingerprint density at radius 3 is 2.75 bits per heavy atom. The zero-order chi connectivity index (χ0) is 14.0. The van der Waals surface area contributed by atoms with Gasteiger partial charge in [-0.2, -0.15) is 0 Å². The second-order valence-electron chi connectivity index (χ2n) is 6.05. The van der Waals surface area contributed by atoms with Gasteiger partial charge in [-0.3, -0.25) is 0 Å². The highest BCUT2D eigenvalue weighted by molar-refractivity contribution is 9.10. The molecule has 1 aliphatic carbocycles. The Hall–Kier alpha value is -0.740. The first-order valence-corrected chi connectivity index (χ1v) is 8.31. The summed E-state index contributed by atoms with van der Waals surface area (Å²) in [5.41, 5.74) is 6.68. The van der Waals surface area contributed by atoms with E-state index in [4.69, 9.17) is 15.2 Å². The molecular formula is C16H22BrNO2. The summed E-state index contributed by atoms with van der Waals surface area (Å²) in [4.78, 5) is 0. The number of hydrogen-bond acceptors (Lipinski definition) is 3. The van der Waals surface area contributed by atoms with E-state index in [-0.39, 0.29) is 11.7 Å². The summed E-state index contributed by atoms with van der Waals surface area (Å²) in [7, 11) is 0. The van der Waals surface area contributed by atoms with E-state index < -0.39 is 0 Å². The van der Waals surface area contributed by atoms with Gasteiger partial charge in [-0.15, -0.1) is 0 Å². The molecule has 1 atom stereocenters. The van der Waals surface area contributed by atoms with E-state index in [2.05, 4.69) is 15.9 Å². The SMILES string of the molecule is Nc1cc(Br)cc(OC2CCOC3(CCCCC3)C2)c1. The van der Waals surface area contributed by atoms with Gasteiger partial charge in [0.2, 0.25) is 0 Å². The standard InChI is InChI=1S/C16H22BrNO2/c17-12-8-13(18)10-15(9-12)20-14-4-7-19-16(11-14)5-2-1-3-6-16/h8-10,14H,1-7,11,18H2. The zero-order valence-corrected chi connectivity index (χ0v) is 13.3. The molecule has 1 saturated heterocycles. The van der Waals surface area contributed by atoms with Gasteiger partial charge in [0.15, 0.2) is 0 Å². The molecule has 0 bridgehead atoms. The molecule has 0 aromatic heterocycles. The molecular weight excluding hydrogens is 318 g/mol. The minimum absolute atomic E-state index is 0.0821. The van der Waals surface area contributed by atoms with Gasteiger partial charge >= 0.3 is 0 Å². The summed E-state index contributed by atoms with van der Waals surface area (Å²) in [6.07, 6.45) is 8.52. The van der Waals surface area contributed by atoms with Crippen LogP contribution in [0, 0.1) is 0 Å². The topological polar surface area (TPSA) is 44.5 Å². The van der Waals surface area contributed by atoms with Gasteiger partial charge in [-0.25, -0.2) is 0 Å². The van der Waals surface area contributed by atoms with Crippen molar-refractivity contribution in [2.24, 2.45) is 0 Å². The van der Waals surface area contributed by atoms with Crippen LogP contribution < -0.4 is 10.5 Å². The minimum atomic E-state index is 0.0821. The third-order valence-electron chi connectivity index (χ3n) is 4.41. The van der Waals surface area contributed by atoms with E-state index in [1.54, 1.807) is 0 Å². The monoisotopic (exact) mass is 339 g/mol. The van der Waals surface area contributed by atoms with E-state index in [0.717, 1.165) is 35.4 Å². The van der Waals surface area contributed by atoms with Gasteiger partial charge in [0.25, 0.3) is 0 Å². The number of nitrogens with two attached hydrogens (primary N) is 1. The van der Waals surface area contributed by atoms with Crippen molar-refractivity contribution in [3.05, 3.63) is 22.7 Å². The highest BCUT2D eigenvalue weighted by atomic mass is 79.9. The Labute approximate surface area is 129 Å². The summed E-state index contributed by atoms with van der Waals surface area (Å²) in [5.74, 6) is 0.856. The van der Waals surface area contributed by atoms with Crippen molar-refractivity contribution in [3.8, 4) is 5.75 Å². The lowest BCUT2D eigenvalue weighted by molar-refractivity contribution is -0.129. The minimum Gasteiger partial charge on any atom is -0.490 e. The van der Waals surface area contributed by atoms with Crippen LogP contribution in [0.1, 0.15) is 44.9 Å². The van der Waals surface area contributed by atoms with Gasteiger partial charge in [0.1, 0.15) is 11.9 Å². The van der Waals surface area contributed by atoms with E-state index in [1.807, 2.05) is 18.2 Å². The van der Waals surface area contributed by atoms with Crippen molar-refractivity contribution < 1.29 is 9.47 Å². The molecule has 2 fully saturated rings. The van der Waals surface area contributed by atoms with Crippen molar-refractivity contribution >= 4 is 21.6 Å². The fourth-order valence-electron chi connectivity index (χ4n) is 3.47. The third-order valence-corrected chi connectivity index (χ3v) is 4.87. The van der Waals surface area contributed by atoms with Crippen LogP contribution in [-0.2, 0) is 4.74 Å². The largest absolute Gasteiger partial charge is 0.490 e. The lowest BCUT2D eigenvalue weighted by Gasteiger charge is -2.43. The van der Waals surface area contributed by atoms with Crippen LogP contribution in [0.25, 0.3) is 0 Å². The number of anilines is 1. The highest BCUT2D eigenvalue weighted by Crippen LogP contribution is 2.39. The molecule has 0 radical (unpaired) electrons. The normalized spacial score (nSPS) is 25.6. The van der Waals surface area contributed by atoms with Crippen LogP contribution >= 0.6 is 15.9 Å². The Morgan fingerprint density at radius 1 is 1.20 bits per heavy atom. The van der Waals surface area contributed by atoms with Gasteiger partial charge in [-0.05, 0) is 25.0 Å².